The summed E-state index contributed by atoms with van der Waals surface area (Å²) < 4.78 is 0. The molecule has 1 unspecified atom stereocenters. The summed E-state index contributed by atoms with van der Waals surface area (Å²) in [7, 11) is 0. The molecule has 4 nitrogen and oxygen atoms in total. The average molecular weight is 400 g/mol. The van der Waals surface area contributed by atoms with Crippen LogP contribution in [-0.4, -0.2) is 30.5 Å². The number of hydrogen-bond acceptors (Lipinski definition) is 2. The summed E-state index contributed by atoms with van der Waals surface area (Å²) in [5.41, 5.74) is 4.04. The number of hydrogen-bond donors (Lipinski definition) is 3. The molecule has 28 heavy (non-hydrogen) atoms. The third-order valence-corrected chi connectivity index (χ3v) is 5.11. The highest BCUT2D eigenvalue weighted by molar-refractivity contribution is 6.31. The van der Waals surface area contributed by atoms with E-state index in [-0.39, 0.29) is 5.91 Å². The highest BCUT2D eigenvalue weighted by atomic mass is 35.5. The highest BCUT2D eigenvalue weighted by Crippen LogP contribution is 2.22. The van der Waals surface area contributed by atoms with Gasteiger partial charge in [0.1, 0.15) is 5.69 Å². The predicted molar refractivity (Wildman–Crippen MR) is 120 cm³/mol. The average Bonchev–Trinajstić information content (AvgIpc) is 3.10. The van der Waals surface area contributed by atoms with Gasteiger partial charge in [0.05, 0.1) is 0 Å². The zero-order chi connectivity index (χ0) is 20.5. The Balaban J connectivity index is 1.81. The number of aromatic amines is 1. The molecule has 0 aliphatic rings. The number of fused-ring (bicyclic) bond motifs is 1. The van der Waals surface area contributed by atoms with Crippen LogP contribution in [-0.2, 0) is 0 Å². The summed E-state index contributed by atoms with van der Waals surface area (Å²) in [5.74, 6) is 0.329. The molecule has 150 valence electrons. The maximum absolute atomic E-state index is 12.3. The van der Waals surface area contributed by atoms with Gasteiger partial charge in [-0.3, -0.25) is 4.79 Å². The second-order valence-electron chi connectivity index (χ2n) is 6.81. The molecular weight excluding hydrogens is 370 g/mol. The lowest BCUT2D eigenvalue weighted by molar-refractivity contribution is 0.0949. The molecule has 2 aromatic rings. The van der Waals surface area contributed by atoms with E-state index in [4.69, 9.17) is 11.6 Å². The number of aromatic nitrogens is 1. The van der Waals surface area contributed by atoms with E-state index in [9.17, 15) is 4.79 Å². The minimum absolute atomic E-state index is 0.111. The van der Waals surface area contributed by atoms with Crippen LogP contribution in [0.15, 0.2) is 60.2 Å². The monoisotopic (exact) mass is 399 g/mol. The summed E-state index contributed by atoms with van der Waals surface area (Å²) in [6.07, 6.45) is 7.10. The van der Waals surface area contributed by atoms with Crippen molar-refractivity contribution in [3.63, 3.8) is 0 Å². The van der Waals surface area contributed by atoms with E-state index in [1.807, 2.05) is 30.4 Å². The van der Waals surface area contributed by atoms with E-state index in [1.165, 1.54) is 11.1 Å². The van der Waals surface area contributed by atoms with Gasteiger partial charge in [-0.15, -0.1) is 0 Å². The van der Waals surface area contributed by atoms with Crippen molar-refractivity contribution in [2.75, 3.05) is 19.6 Å². The lowest BCUT2D eigenvalue weighted by Crippen LogP contribution is -2.34. The second-order valence-corrected chi connectivity index (χ2v) is 7.25. The van der Waals surface area contributed by atoms with Gasteiger partial charge in [0, 0.05) is 35.6 Å². The van der Waals surface area contributed by atoms with Crippen LogP contribution in [0.1, 0.15) is 37.7 Å². The molecule has 1 aromatic carbocycles. The van der Waals surface area contributed by atoms with Gasteiger partial charge in [-0.1, -0.05) is 43.3 Å². The Kier molecular flexibility index (Phi) is 8.55. The van der Waals surface area contributed by atoms with Crippen LogP contribution in [0.2, 0.25) is 5.02 Å². The van der Waals surface area contributed by atoms with Gasteiger partial charge in [0.25, 0.3) is 5.91 Å². The van der Waals surface area contributed by atoms with Crippen molar-refractivity contribution < 1.29 is 4.79 Å². The van der Waals surface area contributed by atoms with Gasteiger partial charge in [0.2, 0.25) is 0 Å². The number of halogens is 1. The smallest absolute Gasteiger partial charge is 0.267 e. The van der Waals surface area contributed by atoms with Crippen molar-refractivity contribution in [2.24, 2.45) is 5.92 Å². The van der Waals surface area contributed by atoms with Crippen molar-refractivity contribution in [2.45, 2.75) is 27.2 Å². The maximum Gasteiger partial charge on any atom is 0.267 e. The summed E-state index contributed by atoms with van der Waals surface area (Å²) in [6, 6.07) is 7.35. The van der Waals surface area contributed by atoms with Crippen molar-refractivity contribution >= 4 is 28.4 Å². The largest absolute Gasteiger partial charge is 0.351 e. The lowest BCUT2D eigenvalue weighted by Gasteiger charge is -2.20. The van der Waals surface area contributed by atoms with Crippen LogP contribution in [0.3, 0.4) is 0 Å². The predicted octanol–water partition coefficient (Wildman–Crippen LogP) is 5.25. The van der Waals surface area contributed by atoms with Crippen LogP contribution in [0.4, 0.5) is 0 Å². The van der Waals surface area contributed by atoms with Gasteiger partial charge < -0.3 is 15.6 Å². The molecule has 1 aromatic heterocycles. The zero-order valence-corrected chi connectivity index (χ0v) is 17.7. The molecule has 0 saturated heterocycles. The molecule has 0 aliphatic carbocycles. The number of amides is 1. The zero-order valence-electron chi connectivity index (χ0n) is 16.9. The van der Waals surface area contributed by atoms with Crippen LogP contribution in [0, 0.1) is 5.92 Å². The Morgan fingerprint density at radius 1 is 1.32 bits per heavy atom. The van der Waals surface area contributed by atoms with E-state index in [0.29, 0.717) is 23.2 Å². The Morgan fingerprint density at radius 3 is 2.79 bits per heavy atom. The van der Waals surface area contributed by atoms with E-state index in [0.717, 1.165) is 30.4 Å². The summed E-state index contributed by atoms with van der Waals surface area (Å²) >= 11 is 6.00. The topological polar surface area (TPSA) is 56.9 Å². The normalized spacial score (nSPS) is 13.6. The standard InChI is InChI=1S/C23H30ClN3O/c1-5-8-16(4)20(7-3)17(6-2)15-25-11-12-26-23(28)22-14-18-13-19(24)9-10-21(18)27-22/h5,7-10,13-14,17,25,27H,1,6,11-12,15H2,2-4H3,(H,26,28)/b16-8-,20-7+. The Morgan fingerprint density at radius 2 is 2.11 bits per heavy atom. The van der Waals surface area contributed by atoms with E-state index in [2.05, 4.69) is 49.0 Å². The molecule has 0 fully saturated rings. The third kappa shape index (κ3) is 5.85. The van der Waals surface area contributed by atoms with Crippen molar-refractivity contribution in [3.8, 4) is 0 Å². The van der Waals surface area contributed by atoms with Gasteiger partial charge in [-0.05, 0) is 61.6 Å². The van der Waals surface area contributed by atoms with E-state index in [1.54, 1.807) is 6.07 Å². The molecule has 0 spiro atoms. The Labute approximate surface area is 172 Å². The fourth-order valence-corrected chi connectivity index (χ4v) is 3.57. The molecule has 5 heteroatoms. The molecule has 2 rings (SSSR count). The first-order valence-corrected chi connectivity index (χ1v) is 10.1. The minimum Gasteiger partial charge on any atom is -0.351 e. The van der Waals surface area contributed by atoms with Gasteiger partial charge in [-0.2, -0.15) is 0 Å². The van der Waals surface area contributed by atoms with Crippen molar-refractivity contribution in [3.05, 3.63) is 70.9 Å². The number of allylic oxidation sites excluding steroid dienone is 4. The van der Waals surface area contributed by atoms with Crippen LogP contribution >= 0.6 is 11.6 Å². The SMILES string of the molecule is C=C/C=C(C)\C(=C/C)C(CC)CNCCNC(=O)c1cc2cc(Cl)ccc2[nH]1. The number of nitrogens with one attached hydrogen (secondary N) is 3. The van der Waals surface area contributed by atoms with Gasteiger partial charge in [-0.25, -0.2) is 0 Å². The van der Waals surface area contributed by atoms with Crippen LogP contribution < -0.4 is 10.6 Å². The molecule has 3 N–H and O–H groups in total. The van der Waals surface area contributed by atoms with E-state index < -0.39 is 0 Å². The van der Waals surface area contributed by atoms with Crippen LogP contribution in [0.25, 0.3) is 10.9 Å². The Hall–Kier alpha value is -2.30. The van der Waals surface area contributed by atoms with Crippen LogP contribution in [0.5, 0.6) is 0 Å². The first kappa shape index (κ1) is 22.0. The molecule has 0 aliphatic heterocycles. The summed E-state index contributed by atoms with van der Waals surface area (Å²) in [5, 5.41) is 7.99. The molecule has 1 heterocycles. The second kappa shape index (κ2) is 10.9. The maximum atomic E-state index is 12.3. The quantitative estimate of drug-likeness (QED) is 0.377. The molecular formula is C23H30ClN3O. The summed E-state index contributed by atoms with van der Waals surface area (Å²) in [6.45, 7) is 12.3. The molecule has 0 radical (unpaired) electrons. The van der Waals surface area contributed by atoms with Gasteiger partial charge >= 0.3 is 0 Å². The Bertz CT molecular complexity index is 879. The fourth-order valence-electron chi connectivity index (χ4n) is 3.39. The minimum atomic E-state index is -0.111. The number of carbonyl (C=O) groups excluding carboxylic acids is 1. The van der Waals surface area contributed by atoms with Crippen molar-refractivity contribution in [1.29, 1.82) is 0 Å². The summed E-state index contributed by atoms with van der Waals surface area (Å²) in [4.78, 5) is 15.5. The highest BCUT2D eigenvalue weighted by Gasteiger charge is 2.13. The number of H-pyrrole nitrogens is 1. The first-order chi connectivity index (χ1) is 13.5. The third-order valence-electron chi connectivity index (χ3n) is 4.87. The number of rotatable bonds is 10. The molecule has 0 saturated carbocycles. The lowest BCUT2D eigenvalue weighted by atomic mass is 9.90. The molecule has 1 amide bonds. The number of carbonyl (C=O) groups is 1. The first-order valence-electron chi connectivity index (χ1n) is 9.73. The van der Waals surface area contributed by atoms with E-state index >= 15 is 0 Å². The number of benzene rings is 1. The molecule has 0 bridgehead atoms. The molecule has 1 atom stereocenters. The van der Waals surface area contributed by atoms with Crippen molar-refractivity contribution in [1.82, 2.24) is 15.6 Å². The fraction of sp³-hybridized carbons (Fsp3) is 0.348. The van der Waals surface area contributed by atoms with Gasteiger partial charge in [0.15, 0.2) is 0 Å².